The van der Waals surface area contributed by atoms with Gasteiger partial charge in [-0.25, -0.2) is 0 Å². The van der Waals surface area contributed by atoms with Crippen LogP contribution < -0.4 is 10.6 Å². The molecule has 2 N–H and O–H groups in total. The molecule has 0 aromatic carbocycles. The first-order chi connectivity index (χ1) is 9.06. The molecular weight excluding hydrogens is 232 g/mol. The monoisotopic (exact) mass is 268 g/mol. The molecule has 0 bridgehead atoms. The van der Waals surface area contributed by atoms with Gasteiger partial charge in [0.2, 0.25) is 0 Å². The molecular formula is C17H36N2. The standard InChI is InChI=1S/C17H36N2/c1-6-7-8-9-10-11-12-13-14-17(18-15(2)3)19-16(4)5/h14-16,18-19H,6-13H2,1-5H3. The zero-order chi connectivity index (χ0) is 14.5. The topological polar surface area (TPSA) is 24.1 Å². The summed E-state index contributed by atoms with van der Waals surface area (Å²) in [6, 6.07) is 0.984. The van der Waals surface area contributed by atoms with E-state index in [0.717, 1.165) is 0 Å². The van der Waals surface area contributed by atoms with Gasteiger partial charge in [0.1, 0.15) is 0 Å². The highest BCUT2D eigenvalue weighted by Crippen LogP contribution is 2.09. The Morgan fingerprint density at radius 3 is 1.74 bits per heavy atom. The fraction of sp³-hybridized carbons (Fsp3) is 0.882. The summed E-state index contributed by atoms with van der Waals surface area (Å²) >= 11 is 0. The Bertz CT molecular complexity index is 207. The summed E-state index contributed by atoms with van der Waals surface area (Å²) in [6.07, 6.45) is 13.2. The van der Waals surface area contributed by atoms with E-state index >= 15 is 0 Å². The number of unbranched alkanes of at least 4 members (excludes halogenated alkanes) is 7. The van der Waals surface area contributed by atoms with Crippen molar-refractivity contribution in [2.45, 2.75) is 98.1 Å². The van der Waals surface area contributed by atoms with Crippen molar-refractivity contribution in [3.8, 4) is 0 Å². The lowest BCUT2D eigenvalue weighted by Crippen LogP contribution is -2.34. The minimum atomic E-state index is 0.492. The lowest BCUT2D eigenvalue weighted by Gasteiger charge is -2.19. The molecule has 0 saturated heterocycles. The van der Waals surface area contributed by atoms with Crippen LogP contribution in [0.5, 0.6) is 0 Å². The number of hydrogen-bond acceptors (Lipinski definition) is 2. The van der Waals surface area contributed by atoms with Gasteiger partial charge in [0.05, 0.1) is 5.82 Å². The average Bonchev–Trinajstić information content (AvgIpc) is 2.30. The van der Waals surface area contributed by atoms with Crippen LogP contribution in [0.2, 0.25) is 0 Å². The number of hydrogen-bond donors (Lipinski definition) is 2. The zero-order valence-corrected chi connectivity index (χ0v) is 13.9. The Hall–Kier alpha value is -0.660. The highest BCUT2D eigenvalue weighted by Gasteiger charge is 2.00. The van der Waals surface area contributed by atoms with E-state index in [0.29, 0.717) is 12.1 Å². The van der Waals surface area contributed by atoms with E-state index in [-0.39, 0.29) is 0 Å². The van der Waals surface area contributed by atoms with Gasteiger partial charge in [0.15, 0.2) is 0 Å². The summed E-state index contributed by atoms with van der Waals surface area (Å²) in [6.45, 7) is 11.0. The first-order valence-corrected chi connectivity index (χ1v) is 8.29. The van der Waals surface area contributed by atoms with Gasteiger partial charge in [-0.3, -0.25) is 0 Å². The predicted octanol–water partition coefficient (Wildman–Crippen LogP) is 4.96. The molecule has 2 heteroatoms. The lowest BCUT2D eigenvalue weighted by atomic mass is 10.1. The summed E-state index contributed by atoms with van der Waals surface area (Å²) in [7, 11) is 0. The van der Waals surface area contributed by atoms with Gasteiger partial charge in [0.25, 0.3) is 0 Å². The molecule has 0 radical (unpaired) electrons. The summed E-state index contributed by atoms with van der Waals surface area (Å²) in [5, 5.41) is 6.96. The molecule has 0 heterocycles. The minimum Gasteiger partial charge on any atom is -0.370 e. The minimum absolute atomic E-state index is 0.492. The van der Waals surface area contributed by atoms with Crippen LogP contribution >= 0.6 is 0 Å². The van der Waals surface area contributed by atoms with E-state index in [4.69, 9.17) is 0 Å². The van der Waals surface area contributed by atoms with Gasteiger partial charge in [-0.2, -0.15) is 0 Å². The third-order valence-electron chi connectivity index (χ3n) is 3.04. The molecule has 0 fully saturated rings. The Morgan fingerprint density at radius 1 is 0.789 bits per heavy atom. The van der Waals surface area contributed by atoms with Crippen molar-refractivity contribution in [2.75, 3.05) is 0 Å². The van der Waals surface area contributed by atoms with Crippen molar-refractivity contribution in [3.63, 3.8) is 0 Å². The smallest absolute Gasteiger partial charge is 0.0949 e. The molecule has 114 valence electrons. The number of allylic oxidation sites excluding steroid dienone is 1. The van der Waals surface area contributed by atoms with Crippen molar-refractivity contribution in [2.24, 2.45) is 0 Å². The molecule has 0 aliphatic rings. The van der Waals surface area contributed by atoms with E-state index < -0.39 is 0 Å². The van der Waals surface area contributed by atoms with Crippen LogP contribution in [0.3, 0.4) is 0 Å². The maximum atomic E-state index is 3.48. The third-order valence-corrected chi connectivity index (χ3v) is 3.04. The van der Waals surface area contributed by atoms with Crippen molar-refractivity contribution >= 4 is 0 Å². The molecule has 0 saturated carbocycles. The summed E-state index contributed by atoms with van der Waals surface area (Å²) in [4.78, 5) is 0. The maximum Gasteiger partial charge on any atom is 0.0949 e. The summed E-state index contributed by atoms with van der Waals surface area (Å²) in [5.74, 6) is 1.20. The van der Waals surface area contributed by atoms with Gasteiger partial charge in [-0.1, -0.05) is 45.4 Å². The zero-order valence-electron chi connectivity index (χ0n) is 13.9. The highest BCUT2D eigenvalue weighted by atomic mass is 15.1. The van der Waals surface area contributed by atoms with Gasteiger partial charge >= 0.3 is 0 Å². The SMILES string of the molecule is CCCCCCCCCC=C(NC(C)C)NC(C)C. The second-order valence-corrected chi connectivity index (χ2v) is 6.13. The molecule has 19 heavy (non-hydrogen) atoms. The Labute approximate surface area is 121 Å². The molecule has 2 nitrogen and oxygen atoms in total. The maximum absolute atomic E-state index is 3.48. The molecule has 0 spiro atoms. The van der Waals surface area contributed by atoms with Gasteiger partial charge in [-0.15, -0.1) is 0 Å². The van der Waals surface area contributed by atoms with Gasteiger partial charge in [0, 0.05) is 12.1 Å². The molecule has 0 aromatic rings. The van der Waals surface area contributed by atoms with E-state index in [1.807, 2.05) is 0 Å². The summed E-state index contributed by atoms with van der Waals surface area (Å²) < 4.78 is 0. The first-order valence-electron chi connectivity index (χ1n) is 8.29. The molecule has 0 unspecified atom stereocenters. The Kier molecular flexibility index (Phi) is 11.9. The van der Waals surface area contributed by atoms with Crippen LogP contribution in [-0.4, -0.2) is 12.1 Å². The third kappa shape index (κ3) is 13.6. The Balaban J connectivity index is 3.72. The fourth-order valence-electron chi connectivity index (χ4n) is 2.13. The number of rotatable bonds is 12. The van der Waals surface area contributed by atoms with E-state index in [2.05, 4.69) is 51.3 Å². The molecule has 0 aliphatic heterocycles. The molecule has 0 atom stereocenters. The first kappa shape index (κ1) is 18.3. The van der Waals surface area contributed by atoms with E-state index in [1.54, 1.807) is 0 Å². The number of nitrogens with one attached hydrogen (secondary N) is 2. The normalized spacial score (nSPS) is 10.9. The van der Waals surface area contributed by atoms with Gasteiger partial charge < -0.3 is 10.6 Å². The predicted molar refractivity (Wildman–Crippen MR) is 87.2 cm³/mol. The second kappa shape index (κ2) is 12.4. The lowest BCUT2D eigenvalue weighted by molar-refractivity contribution is 0.557. The highest BCUT2D eigenvalue weighted by molar-refractivity contribution is 4.99. The van der Waals surface area contributed by atoms with Crippen LogP contribution in [0.4, 0.5) is 0 Å². The van der Waals surface area contributed by atoms with Crippen molar-refractivity contribution in [1.29, 1.82) is 0 Å². The second-order valence-electron chi connectivity index (χ2n) is 6.13. The van der Waals surface area contributed by atoms with Crippen LogP contribution in [0, 0.1) is 0 Å². The quantitative estimate of drug-likeness (QED) is 0.489. The van der Waals surface area contributed by atoms with Crippen molar-refractivity contribution in [1.82, 2.24) is 10.6 Å². The van der Waals surface area contributed by atoms with Crippen molar-refractivity contribution < 1.29 is 0 Å². The molecule has 0 aromatic heterocycles. The molecule has 0 rings (SSSR count). The van der Waals surface area contributed by atoms with Crippen LogP contribution in [-0.2, 0) is 0 Å². The van der Waals surface area contributed by atoms with Crippen LogP contribution in [0.25, 0.3) is 0 Å². The van der Waals surface area contributed by atoms with E-state index in [1.165, 1.54) is 57.2 Å². The fourth-order valence-corrected chi connectivity index (χ4v) is 2.13. The van der Waals surface area contributed by atoms with Crippen LogP contribution in [0.15, 0.2) is 11.9 Å². The van der Waals surface area contributed by atoms with Gasteiger partial charge in [-0.05, 0) is 46.6 Å². The molecule has 0 amide bonds. The average molecular weight is 268 g/mol. The van der Waals surface area contributed by atoms with Crippen molar-refractivity contribution in [3.05, 3.63) is 11.9 Å². The van der Waals surface area contributed by atoms with Crippen LogP contribution in [0.1, 0.15) is 86.0 Å². The Morgan fingerprint density at radius 2 is 1.26 bits per heavy atom. The summed E-state index contributed by atoms with van der Waals surface area (Å²) in [5.41, 5.74) is 0. The largest absolute Gasteiger partial charge is 0.370 e. The molecule has 0 aliphatic carbocycles. The van der Waals surface area contributed by atoms with E-state index in [9.17, 15) is 0 Å².